The number of nitrogens with zero attached hydrogens (tertiary/aromatic N) is 4. The highest BCUT2D eigenvalue weighted by atomic mass is 79.9. The molecule has 1 unspecified atom stereocenters. The van der Waals surface area contributed by atoms with Gasteiger partial charge in [-0.05, 0) is 40.9 Å². The number of hydrogen-bond donors (Lipinski definition) is 1. The van der Waals surface area contributed by atoms with Crippen molar-refractivity contribution in [2.75, 3.05) is 6.61 Å². The Hall–Kier alpha value is -1.43. The fraction of sp³-hybridized carbons (Fsp3) is 0.429. The van der Waals surface area contributed by atoms with E-state index in [1.807, 2.05) is 12.1 Å². The van der Waals surface area contributed by atoms with Gasteiger partial charge in [0.2, 0.25) is 5.89 Å². The normalized spacial score (nSPS) is 17.4. The molecule has 1 fully saturated rings. The van der Waals surface area contributed by atoms with Crippen LogP contribution in [0.3, 0.4) is 0 Å². The van der Waals surface area contributed by atoms with Gasteiger partial charge in [-0.15, -0.1) is 26.6 Å². The van der Waals surface area contributed by atoms with Crippen molar-refractivity contribution in [2.24, 2.45) is 0 Å². The standard InChI is InChI=1S/C14H14BrN5O3S2/c15-10-4-3-9(25-10)12-17-16-11(23-12)7-24-14-19-18-13(21)20(14)6-8-2-1-5-22-8/h3-4,8H,1-2,5-7H2,(H,18,21). The predicted molar refractivity (Wildman–Crippen MR) is 96.7 cm³/mol. The highest BCUT2D eigenvalue weighted by molar-refractivity contribution is 9.11. The van der Waals surface area contributed by atoms with E-state index >= 15 is 0 Å². The Labute approximate surface area is 159 Å². The Kier molecular flexibility index (Phi) is 5.06. The van der Waals surface area contributed by atoms with Gasteiger partial charge in [-0.3, -0.25) is 4.57 Å². The number of H-pyrrole nitrogens is 1. The first-order valence-corrected chi connectivity index (χ1v) is 10.3. The van der Waals surface area contributed by atoms with Gasteiger partial charge in [0.15, 0.2) is 5.16 Å². The molecule has 25 heavy (non-hydrogen) atoms. The molecule has 11 heteroatoms. The largest absolute Gasteiger partial charge is 0.419 e. The highest BCUT2D eigenvalue weighted by Crippen LogP contribution is 2.31. The topological polar surface area (TPSA) is 98.8 Å². The van der Waals surface area contributed by atoms with Crippen LogP contribution in [0.25, 0.3) is 10.8 Å². The molecule has 0 radical (unpaired) electrons. The number of thioether (sulfide) groups is 1. The molecule has 132 valence electrons. The number of thiophene rings is 1. The van der Waals surface area contributed by atoms with Crippen LogP contribution in [0, 0.1) is 0 Å². The van der Waals surface area contributed by atoms with E-state index in [1.54, 1.807) is 4.57 Å². The molecule has 1 aliphatic heterocycles. The van der Waals surface area contributed by atoms with Gasteiger partial charge in [0.05, 0.1) is 27.1 Å². The van der Waals surface area contributed by atoms with Gasteiger partial charge in [0, 0.05) is 6.61 Å². The van der Waals surface area contributed by atoms with Crippen molar-refractivity contribution >= 4 is 39.0 Å². The zero-order valence-electron chi connectivity index (χ0n) is 13.0. The fourth-order valence-electron chi connectivity index (χ4n) is 2.53. The van der Waals surface area contributed by atoms with Gasteiger partial charge in [0.25, 0.3) is 5.89 Å². The van der Waals surface area contributed by atoms with Crippen LogP contribution < -0.4 is 5.69 Å². The summed E-state index contributed by atoms with van der Waals surface area (Å²) in [6, 6.07) is 3.86. The quantitative estimate of drug-likeness (QED) is 0.584. The maximum Gasteiger partial charge on any atom is 0.344 e. The summed E-state index contributed by atoms with van der Waals surface area (Å²) in [5.74, 6) is 1.42. The summed E-state index contributed by atoms with van der Waals surface area (Å²) in [4.78, 5) is 12.9. The molecule has 0 spiro atoms. The third kappa shape index (κ3) is 3.89. The minimum absolute atomic E-state index is 0.0712. The lowest BCUT2D eigenvalue weighted by atomic mass is 10.2. The molecular weight excluding hydrogens is 430 g/mol. The first-order chi connectivity index (χ1) is 12.2. The third-order valence-corrected chi connectivity index (χ3v) is 6.28. The van der Waals surface area contributed by atoms with E-state index < -0.39 is 0 Å². The maximum absolute atomic E-state index is 12.0. The number of nitrogens with one attached hydrogen (secondary N) is 1. The van der Waals surface area contributed by atoms with E-state index in [1.165, 1.54) is 23.1 Å². The van der Waals surface area contributed by atoms with Crippen LogP contribution in [0.1, 0.15) is 18.7 Å². The van der Waals surface area contributed by atoms with Crippen LogP contribution in [0.5, 0.6) is 0 Å². The van der Waals surface area contributed by atoms with Gasteiger partial charge in [0.1, 0.15) is 0 Å². The molecule has 4 rings (SSSR count). The number of ether oxygens (including phenoxy) is 1. The van der Waals surface area contributed by atoms with Crippen molar-refractivity contribution in [3.05, 3.63) is 32.3 Å². The Morgan fingerprint density at radius 1 is 1.44 bits per heavy atom. The van der Waals surface area contributed by atoms with Gasteiger partial charge >= 0.3 is 5.69 Å². The average Bonchev–Trinajstić information content (AvgIpc) is 3.36. The number of aromatic nitrogens is 5. The summed E-state index contributed by atoms with van der Waals surface area (Å²) in [5, 5.41) is 15.3. The van der Waals surface area contributed by atoms with Gasteiger partial charge in [-0.2, -0.15) is 0 Å². The van der Waals surface area contributed by atoms with Crippen LogP contribution in [-0.2, 0) is 17.0 Å². The molecule has 0 saturated carbocycles. The molecule has 0 aliphatic carbocycles. The predicted octanol–water partition coefficient (Wildman–Crippen LogP) is 2.92. The van der Waals surface area contributed by atoms with Gasteiger partial charge in [-0.1, -0.05) is 11.8 Å². The lowest BCUT2D eigenvalue weighted by Gasteiger charge is -2.10. The minimum atomic E-state index is -0.229. The van der Waals surface area contributed by atoms with E-state index in [9.17, 15) is 4.79 Å². The SMILES string of the molecule is O=c1[nH]nc(SCc2nnc(-c3ccc(Br)s3)o2)n1CC1CCCO1. The van der Waals surface area contributed by atoms with E-state index in [-0.39, 0.29) is 11.8 Å². The first-order valence-electron chi connectivity index (χ1n) is 7.67. The van der Waals surface area contributed by atoms with Crippen molar-refractivity contribution in [3.63, 3.8) is 0 Å². The molecule has 0 amide bonds. The smallest absolute Gasteiger partial charge is 0.344 e. The van der Waals surface area contributed by atoms with Crippen molar-refractivity contribution < 1.29 is 9.15 Å². The summed E-state index contributed by atoms with van der Waals surface area (Å²) in [6.07, 6.45) is 2.07. The van der Waals surface area contributed by atoms with E-state index in [0.717, 1.165) is 28.1 Å². The second-order valence-corrected chi connectivity index (χ2v) is 8.86. The van der Waals surface area contributed by atoms with Crippen LogP contribution in [0.2, 0.25) is 0 Å². The number of aromatic amines is 1. The second kappa shape index (κ2) is 7.44. The summed E-state index contributed by atoms with van der Waals surface area (Å²) >= 11 is 6.32. The van der Waals surface area contributed by atoms with Crippen LogP contribution in [0.4, 0.5) is 0 Å². The molecule has 3 aromatic heterocycles. The summed E-state index contributed by atoms with van der Waals surface area (Å²) in [7, 11) is 0. The summed E-state index contributed by atoms with van der Waals surface area (Å²) in [5.41, 5.74) is -0.229. The zero-order valence-corrected chi connectivity index (χ0v) is 16.2. The van der Waals surface area contributed by atoms with E-state index in [2.05, 4.69) is 36.3 Å². The third-order valence-electron chi connectivity index (χ3n) is 3.71. The Morgan fingerprint density at radius 2 is 2.36 bits per heavy atom. The zero-order chi connectivity index (χ0) is 17.2. The van der Waals surface area contributed by atoms with Crippen LogP contribution in [-0.4, -0.2) is 37.7 Å². The van der Waals surface area contributed by atoms with Crippen LogP contribution >= 0.6 is 39.0 Å². The number of halogens is 1. The molecule has 1 saturated heterocycles. The molecule has 3 aromatic rings. The number of hydrogen-bond acceptors (Lipinski definition) is 8. The highest BCUT2D eigenvalue weighted by Gasteiger charge is 2.20. The van der Waals surface area contributed by atoms with Gasteiger partial charge in [-0.25, -0.2) is 9.89 Å². The first kappa shape index (κ1) is 17.0. The summed E-state index contributed by atoms with van der Waals surface area (Å²) < 4.78 is 13.9. The fourth-order valence-corrected chi connectivity index (χ4v) is 4.63. The van der Waals surface area contributed by atoms with Crippen LogP contribution in [0.15, 0.2) is 30.3 Å². The molecule has 1 N–H and O–H groups in total. The Morgan fingerprint density at radius 3 is 3.12 bits per heavy atom. The molecule has 0 aromatic carbocycles. The average molecular weight is 444 g/mol. The van der Waals surface area contributed by atoms with Gasteiger partial charge < -0.3 is 9.15 Å². The molecule has 1 atom stereocenters. The molecule has 0 bridgehead atoms. The molecule has 8 nitrogen and oxygen atoms in total. The number of rotatable bonds is 6. The van der Waals surface area contributed by atoms with Crippen molar-refractivity contribution in [3.8, 4) is 10.8 Å². The lowest BCUT2D eigenvalue weighted by Crippen LogP contribution is -2.24. The van der Waals surface area contributed by atoms with E-state index in [0.29, 0.717) is 29.2 Å². The second-order valence-electron chi connectivity index (χ2n) is 5.45. The van der Waals surface area contributed by atoms with E-state index in [4.69, 9.17) is 9.15 Å². The van der Waals surface area contributed by atoms with Crippen molar-refractivity contribution in [1.29, 1.82) is 0 Å². The van der Waals surface area contributed by atoms with Crippen molar-refractivity contribution in [1.82, 2.24) is 25.0 Å². The van der Waals surface area contributed by atoms with Crippen molar-refractivity contribution in [2.45, 2.75) is 36.4 Å². The minimum Gasteiger partial charge on any atom is -0.419 e. The Balaban J connectivity index is 1.43. The maximum atomic E-state index is 12.0. The lowest BCUT2D eigenvalue weighted by molar-refractivity contribution is 0.0941. The summed E-state index contributed by atoms with van der Waals surface area (Å²) in [6.45, 7) is 1.26. The Bertz CT molecular complexity index is 912. The molecule has 1 aliphatic rings. The molecular formula is C14H14BrN5O3S2. The monoisotopic (exact) mass is 443 g/mol. The molecule has 4 heterocycles.